The Hall–Kier alpha value is -0.130. The van der Waals surface area contributed by atoms with Crippen LogP contribution in [0.25, 0.3) is 0 Å². The van der Waals surface area contributed by atoms with Gasteiger partial charge in [0.15, 0.2) is 0 Å². The molecule has 0 amide bonds. The summed E-state index contributed by atoms with van der Waals surface area (Å²) in [5.74, 6) is 0. The zero-order chi connectivity index (χ0) is 11.9. The third-order valence-corrected chi connectivity index (χ3v) is 4.16. The van der Waals surface area contributed by atoms with Gasteiger partial charge in [-0.3, -0.25) is 4.55 Å². The molecule has 1 heterocycles. The quantitative estimate of drug-likeness (QED) is 0.727. The molecule has 1 N–H and O–H groups in total. The lowest BCUT2D eigenvalue weighted by atomic mass is 10.1. The first-order chi connectivity index (χ1) is 7.61. The summed E-state index contributed by atoms with van der Waals surface area (Å²) < 4.78 is 32.4. The van der Waals surface area contributed by atoms with Crippen LogP contribution in [0.1, 0.15) is 57.8 Å². The van der Waals surface area contributed by atoms with E-state index in [1.807, 2.05) is 0 Å². The Balaban J connectivity index is 2.42. The van der Waals surface area contributed by atoms with Crippen molar-refractivity contribution in [3.05, 3.63) is 0 Å². The van der Waals surface area contributed by atoms with Gasteiger partial charge in [0.05, 0.1) is 0 Å². The molecular formula is C11H23NO3S. The lowest BCUT2D eigenvalue weighted by Gasteiger charge is -2.18. The molecule has 0 spiro atoms. The third kappa shape index (κ3) is 5.82. The molecule has 96 valence electrons. The fourth-order valence-corrected chi connectivity index (χ4v) is 2.88. The molecule has 0 unspecified atom stereocenters. The van der Waals surface area contributed by atoms with Gasteiger partial charge in [-0.05, 0) is 12.8 Å². The topological polar surface area (TPSA) is 57.6 Å². The molecule has 0 radical (unpaired) electrons. The van der Waals surface area contributed by atoms with Crippen LogP contribution in [0.4, 0.5) is 0 Å². The van der Waals surface area contributed by atoms with Crippen LogP contribution in [-0.2, 0) is 10.3 Å². The second-order valence-corrected chi connectivity index (χ2v) is 5.97. The van der Waals surface area contributed by atoms with Gasteiger partial charge in [-0.25, -0.2) is 0 Å². The van der Waals surface area contributed by atoms with Crippen molar-refractivity contribution in [1.29, 1.82) is 0 Å². The second-order valence-electron chi connectivity index (χ2n) is 4.56. The maximum Gasteiger partial charge on any atom is 0.335 e. The summed E-state index contributed by atoms with van der Waals surface area (Å²) >= 11 is 0. The Kier molecular flexibility index (Phi) is 6.31. The molecule has 1 fully saturated rings. The standard InChI is InChI=1S/C11H23NO3S/c13-16(14,15)12-10-8-6-4-2-1-3-5-7-9-11-12/h1-11H2,(H,13,14,15). The third-order valence-electron chi connectivity index (χ3n) is 3.14. The highest BCUT2D eigenvalue weighted by Gasteiger charge is 2.17. The first-order valence-electron chi connectivity index (χ1n) is 6.33. The predicted octanol–water partition coefficient (Wildman–Crippen LogP) is 2.62. The van der Waals surface area contributed by atoms with E-state index < -0.39 is 10.3 Å². The highest BCUT2D eigenvalue weighted by molar-refractivity contribution is 7.83. The molecule has 16 heavy (non-hydrogen) atoms. The molecule has 0 aromatic rings. The first-order valence-corrected chi connectivity index (χ1v) is 7.73. The Morgan fingerprint density at radius 3 is 1.31 bits per heavy atom. The van der Waals surface area contributed by atoms with Crippen LogP contribution in [0, 0.1) is 0 Å². The normalized spacial score (nSPS) is 23.3. The van der Waals surface area contributed by atoms with Gasteiger partial charge in [0.25, 0.3) is 0 Å². The van der Waals surface area contributed by atoms with Gasteiger partial charge in [-0.2, -0.15) is 12.7 Å². The fraction of sp³-hybridized carbons (Fsp3) is 1.00. The number of hydrogen-bond acceptors (Lipinski definition) is 2. The minimum absolute atomic E-state index is 0.471. The van der Waals surface area contributed by atoms with E-state index in [1.54, 1.807) is 0 Å². The predicted molar refractivity (Wildman–Crippen MR) is 64.7 cm³/mol. The fourth-order valence-electron chi connectivity index (χ4n) is 2.16. The average molecular weight is 249 g/mol. The van der Waals surface area contributed by atoms with Crippen molar-refractivity contribution < 1.29 is 13.0 Å². The zero-order valence-electron chi connectivity index (χ0n) is 9.90. The molecular weight excluding hydrogens is 226 g/mol. The van der Waals surface area contributed by atoms with Crippen molar-refractivity contribution in [1.82, 2.24) is 4.31 Å². The highest BCUT2D eigenvalue weighted by atomic mass is 32.2. The molecule has 0 saturated carbocycles. The Bertz CT molecular complexity index is 265. The Morgan fingerprint density at radius 1 is 0.688 bits per heavy atom. The second kappa shape index (κ2) is 7.25. The van der Waals surface area contributed by atoms with Crippen LogP contribution < -0.4 is 0 Å². The molecule has 0 aliphatic carbocycles. The molecule has 0 aromatic heterocycles. The van der Waals surface area contributed by atoms with Crippen molar-refractivity contribution in [2.45, 2.75) is 57.8 Å². The molecule has 5 heteroatoms. The van der Waals surface area contributed by atoms with E-state index in [0.29, 0.717) is 13.1 Å². The molecule has 1 saturated heterocycles. The zero-order valence-corrected chi connectivity index (χ0v) is 10.7. The average Bonchev–Trinajstić information content (AvgIpc) is 2.16. The summed E-state index contributed by atoms with van der Waals surface area (Å²) in [6.07, 6.45) is 10.0. The minimum Gasteiger partial charge on any atom is -0.273 e. The van der Waals surface area contributed by atoms with Crippen molar-refractivity contribution in [3.63, 3.8) is 0 Å². The monoisotopic (exact) mass is 249 g/mol. The van der Waals surface area contributed by atoms with Crippen molar-refractivity contribution >= 4 is 10.3 Å². The molecule has 0 bridgehead atoms. The Morgan fingerprint density at radius 2 is 1.00 bits per heavy atom. The highest BCUT2D eigenvalue weighted by Crippen LogP contribution is 2.13. The molecule has 1 rings (SSSR count). The van der Waals surface area contributed by atoms with E-state index in [1.165, 1.54) is 36.4 Å². The van der Waals surface area contributed by atoms with Crippen molar-refractivity contribution in [3.8, 4) is 0 Å². The van der Waals surface area contributed by atoms with Gasteiger partial charge < -0.3 is 0 Å². The summed E-state index contributed by atoms with van der Waals surface area (Å²) in [7, 11) is -3.98. The van der Waals surface area contributed by atoms with Crippen molar-refractivity contribution in [2.75, 3.05) is 13.1 Å². The molecule has 0 aromatic carbocycles. The van der Waals surface area contributed by atoms with Crippen molar-refractivity contribution in [2.24, 2.45) is 0 Å². The summed E-state index contributed by atoms with van der Waals surface area (Å²) in [4.78, 5) is 0. The van der Waals surface area contributed by atoms with E-state index in [9.17, 15) is 8.42 Å². The molecule has 1 aliphatic heterocycles. The number of rotatable bonds is 1. The summed E-state index contributed by atoms with van der Waals surface area (Å²) in [6, 6.07) is 0. The maximum absolute atomic E-state index is 11.1. The van der Waals surface area contributed by atoms with E-state index in [0.717, 1.165) is 25.7 Å². The Labute approximate surface area is 98.9 Å². The van der Waals surface area contributed by atoms with Crippen LogP contribution >= 0.6 is 0 Å². The minimum atomic E-state index is -3.98. The van der Waals surface area contributed by atoms with Gasteiger partial charge in [0, 0.05) is 13.1 Å². The van der Waals surface area contributed by atoms with Crippen LogP contribution in [0.2, 0.25) is 0 Å². The summed E-state index contributed by atoms with van der Waals surface area (Å²) in [6.45, 7) is 0.942. The maximum atomic E-state index is 11.1. The number of nitrogens with zero attached hydrogens (tertiary/aromatic N) is 1. The lowest BCUT2D eigenvalue weighted by Crippen LogP contribution is -2.32. The van der Waals surface area contributed by atoms with Crippen LogP contribution in [0.3, 0.4) is 0 Å². The van der Waals surface area contributed by atoms with E-state index in [2.05, 4.69) is 0 Å². The van der Waals surface area contributed by atoms with E-state index in [4.69, 9.17) is 4.55 Å². The molecule has 4 nitrogen and oxygen atoms in total. The summed E-state index contributed by atoms with van der Waals surface area (Å²) in [5.41, 5.74) is 0. The van der Waals surface area contributed by atoms with Gasteiger partial charge in [-0.1, -0.05) is 44.9 Å². The SMILES string of the molecule is O=S(=O)(O)N1CCCCCCCCCCC1. The van der Waals surface area contributed by atoms with Crippen LogP contribution in [-0.4, -0.2) is 30.4 Å². The van der Waals surface area contributed by atoms with Gasteiger partial charge in [0.2, 0.25) is 0 Å². The van der Waals surface area contributed by atoms with Gasteiger partial charge >= 0.3 is 10.3 Å². The number of hydrogen-bond donors (Lipinski definition) is 1. The van der Waals surface area contributed by atoms with Gasteiger partial charge in [0.1, 0.15) is 0 Å². The molecule has 0 atom stereocenters. The van der Waals surface area contributed by atoms with Crippen LogP contribution in [0.5, 0.6) is 0 Å². The van der Waals surface area contributed by atoms with E-state index >= 15 is 0 Å². The lowest BCUT2D eigenvalue weighted by molar-refractivity contribution is 0.333. The molecule has 1 aliphatic rings. The van der Waals surface area contributed by atoms with Gasteiger partial charge in [-0.15, -0.1) is 0 Å². The van der Waals surface area contributed by atoms with E-state index in [-0.39, 0.29) is 0 Å². The smallest absolute Gasteiger partial charge is 0.273 e. The first kappa shape index (κ1) is 13.9. The summed E-state index contributed by atoms with van der Waals surface area (Å²) in [5, 5.41) is 0. The largest absolute Gasteiger partial charge is 0.335 e. The van der Waals surface area contributed by atoms with Crippen LogP contribution in [0.15, 0.2) is 0 Å².